The first-order chi connectivity index (χ1) is 7.84. The van der Waals surface area contributed by atoms with Crippen LogP contribution in [0.15, 0.2) is 43.0 Å². The summed E-state index contributed by atoms with van der Waals surface area (Å²) >= 11 is 0. The summed E-state index contributed by atoms with van der Waals surface area (Å²) in [7, 11) is 0. The Morgan fingerprint density at radius 3 is 2.56 bits per heavy atom. The fraction of sp³-hybridized carbons (Fsp3) is 0. The van der Waals surface area contributed by atoms with Crippen LogP contribution < -0.4 is 5.73 Å². The number of hydrogen-bond acceptors (Lipinski definition) is 4. The summed E-state index contributed by atoms with van der Waals surface area (Å²) < 4.78 is 1.83. The molecule has 3 aromatic rings. The van der Waals surface area contributed by atoms with Gasteiger partial charge < -0.3 is 5.73 Å². The molecule has 0 aliphatic heterocycles. The minimum Gasteiger partial charge on any atom is -0.396 e. The van der Waals surface area contributed by atoms with Crippen LogP contribution in [0.5, 0.6) is 0 Å². The second kappa shape index (κ2) is 3.30. The Labute approximate surface area is 91.6 Å². The van der Waals surface area contributed by atoms with Crippen LogP contribution in [0.2, 0.25) is 0 Å². The van der Waals surface area contributed by atoms with E-state index in [1.54, 1.807) is 18.7 Å². The van der Waals surface area contributed by atoms with E-state index in [4.69, 9.17) is 5.73 Å². The van der Waals surface area contributed by atoms with Crippen LogP contribution >= 0.6 is 0 Å². The third-order valence-corrected chi connectivity index (χ3v) is 2.33. The Morgan fingerprint density at radius 1 is 1.00 bits per heavy atom. The normalized spacial score (nSPS) is 10.8. The number of nitrogens with zero attached hydrogens (tertiary/aromatic N) is 4. The molecule has 5 nitrogen and oxygen atoms in total. The Morgan fingerprint density at radius 2 is 1.75 bits per heavy atom. The molecule has 2 aromatic heterocycles. The molecule has 0 radical (unpaired) electrons. The smallest absolute Gasteiger partial charge is 0.235 e. The van der Waals surface area contributed by atoms with E-state index in [0.717, 1.165) is 11.0 Å². The van der Waals surface area contributed by atoms with Gasteiger partial charge in [-0.1, -0.05) is 12.1 Å². The fourth-order valence-electron chi connectivity index (χ4n) is 1.57. The molecular formula is C11H9N5. The van der Waals surface area contributed by atoms with Gasteiger partial charge in [-0.2, -0.15) is 0 Å². The van der Waals surface area contributed by atoms with Crippen LogP contribution in [-0.2, 0) is 0 Å². The number of hydrogen-bond donors (Lipinski definition) is 1. The Bertz CT molecular complexity index is 626. The summed E-state index contributed by atoms with van der Waals surface area (Å²) in [6.07, 6.45) is 4.87. The van der Waals surface area contributed by atoms with Crippen LogP contribution in [0.1, 0.15) is 0 Å². The summed E-state index contributed by atoms with van der Waals surface area (Å²) in [6.45, 7) is 0. The highest BCUT2D eigenvalue weighted by Crippen LogP contribution is 2.14. The third-order valence-electron chi connectivity index (χ3n) is 2.33. The Hall–Kier alpha value is -2.43. The number of para-hydroxylation sites is 2. The zero-order valence-electron chi connectivity index (χ0n) is 8.41. The van der Waals surface area contributed by atoms with E-state index in [1.807, 2.05) is 28.8 Å². The number of benzene rings is 1. The van der Waals surface area contributed by atoms with Gasteiger partial charge in [-0.25, -0.2) is 15.0 Å². The first-order valence-corrected chi connectivity index (χ1v) is 4.84. The number of aromatic nitrogens is 4. The number of nitrogen functional groups attached to an aromatic ring is 1. The van der Waals surface area contributed by atoms with Crippen molar-refractivity contribution < 1.29 is 0 Å². The second-order valence-corrected chi connectivity index (χ2v) is 3.42. The molecule has 0 fully saturated rings. The van der Waals surface area contributed by atoms with Gasteiger partial charge >= 0.3 is 0 Å². The minimum atomic E-state index is 0.549. The first-order valence-electron chi connectivity index (χ1n) is 4.84. The molecular weight excluding hydrogens is 202 g/mol. The number of anilines is 1. The van der Waals surface area contributed by atoms with Gasteiger partial charge in [-0.3, -0.25) is 4.57 Å². The van der Waals surface area contributed by atoms with E-state index in [2.05, 4.69) is 15.0 Å². The predicted molar refractivity (Wildman–Crippen MR) is 61.1 cm³/mol. The average Bonchev–Trinajstić information content (AvgIpc) is 2.74. The molecule has 0 unspecified atom stereocenters. The highest BCUT2D eigenvalue weighted by molar-refractivity contribution is 5.76. The van der Waals surface area contributed by atoms with Gasteiger partial charge in [-0.15, -0.1) is 0 Å². The highest BCUT2D eigenvalue weighted by atomic mass is 15.2. The molecule has 0 bridgehead atoms. The second-order valence-electron chi connectivity index (χ2n) is 3.42. The molecule has 2 heterocycles. The van der Waals surface area contributed by atoms with Crippen LogP contribution in [-0.4, -0.2) is 19.5 Å². The summed E-state index contributed by atoms with van der Waals surface area (Å²) in [5.74, 6) is 0.572. The monoisotopic (exact) mass is 211 g/mol. The maximum absolute atomic E-state index is 5.54. The molecule has 0 spiro atoms. The van der Waals surface area contributed by atoms with Gasteiger partial charge in [0.25, 0.3) is 0 Å². The van der Waals surface area contributed by atoms with Crippen LogP contribution in [0, 0.1) is 0 Å². The van der Waals surface area contributed by atoms with Crippen LogP contribution in [0.4, 0.5) is 5.69 Å². The minimum absolute atomic E-state index is 0.549. The molecule has 0 saturated carbocycles. The number of imidazole rings is 1. The zero-order valence-corrected chi connectivity index (χ0v) is 8.41. The summed E-state index contributed by atoms with van der Waals surface area (Å²) in [5.41, 5.74) is 7.99. The summed E-state index contributed by atoms with van der Waals surface area (Å²) in [5, 5.41) is 0. The van der Waals surface area contributed by atoms with E-state index in [0.29, 0.717) is 11.6 Å². The van der Waals surface area contributed by atoms with E-state index in [-0.39, 0.29) is 0 Å². The maximum atomic E-state index is 5.54. The molecule has 0 amide bonds. The summed E-state index contributed by atoms with van der Waals surface area (Å²) in [4.78, 5) is 12.6. The molecule has 0 atom stereocenters. The van der Waals surface area contributed by atoms with Gasteiger partial charge in [0.15, 0.2) is 0 Å². The Kier molecular flexibility index (Phi) is 1.83. The van der Waals surface area contributed by atoms with Crippen LogP contribution in [0.3, 0.4) is 0 Å². The van der Waals surface area contributed by atoms with Crippen molar-refractivity contribution in [3.8, 4) is 5.95 Å². The van der Waals surface area contributed by atoms with Gasteiger partial charge in [0.05, 0.1) is 29.1 Å². The zero-order chi connectivity index (χ0) is 11.0. The van der Waals surface area contributed by atoms with Gasteiger partial charge in [0.2, 0.25) is 5.95 Å². The van der Waals surface area contributed by atoms with Crippen molar-refractivity contribution in [3.63, 3.8) is 0 Å². The number of nitrogens with two attached hydrogens (primary N) is 1. The van der Waals surface area contributed by atoms with Crippen molar-refractivity contribution in [2.24, 2.45) is 0 Å². The van der Waals surface area contributed by atoms with E-state index < -0.39 is 0 Å². The molecule has 0 saturated heterocycles. The standard InChI is InChI=1S/C11H9N5/c12-8-5-13-11(14-6-8)16-7-15-9-3-1-2-4-10(9)16/h1-7H,12H2. The van der Waals surface area contributed by atoms with Crippen molar-refractivity contribution >= 4 is 16.7 Å². The third kappa shape index (κ3) is 1.30. The highest BCUT2D eigenvalue weighted by Gasteiger charge is 2.05. The summed E-state index contributed by atoms with van der Waals surface area (Å²) in [6, 6.07) is 7.83. The van der Waals surface area contributed by atoms with E-state index in [9.17, 15) is 0 Å². The van der Waals surface area contributed by atoms with Crippen molar-refractivity contribution in [2.45, 2.75) is 0 Å². The first kappa shape index (κ1) is 8.84. The molecule has 2 N–H and O–H groups in total. The molecule has 16 heavy (non-hydrogen) atoms. The fourth-order valence-corrected chi connectivity index (χ4v) is 1.57. The van der Waals surface area contributed by atoms with Crippen molar-refractivity contribution in [2.75, 3.05) is 5.73 Å². The largest absolute Gasteiger partial charge is 0.396 e. The quantitative estimate of drug-likeness (QED) is 0.660. The molecule has 3 rings (SSSR count). The Balaban J connectivity index is 2.22. The van der Waals surface area contributed by atoms with Gasteiger partial charge in [0, 0.05) is 0 Å². The lowest BCUT2D eigenvalue weighted by atomic mass is 10.3. The molecule has 1 aromatic carbocycles. The number of rotatable bonds is 1. The lowest BCUT2D eigenvalue weighted by molar-refractivity contribution is 0.950. The van der Waals surface area contributed by atoms with Crippen molar-refractivity contribution in [1.82, 2.24) is 19.5 Å². The van der Waals surface area contributed by atoms with Crippen molar-refractivity contribution in [3.05, 3.63) is 43.0 Å². The molecule has 0 aliphatic rings. The number of fused-ring (bicyclic) bond motifs is 1. The lowest BCUT2D eigenvalue weighted by Crippen LogP contribution is -2.00. The molecule has 78 valence electrons. The van der Waals surface area contributed by atoms with E-state index in [1.165, 1.54) is 0 Å². The SMILES string of the molecule is Nc1cnc(-n2cnc3ccccc32)nc1. The molecule has 5 heteroatoms. The van der Waals surface area contributed by atoms with Gasteiger partial charge in [-0.05, 0) is 12.1 Å². The average molecular weight is 211 g/mol. The molecule has 0 aliphatic carbocycles. The maximum Gasteiger partial charge on any atom is 0.235 e. The lowest BCUT2D eigenvalue weighted by Gasteiger charge is -2.01. The predicted octanol–water partition coefficient (Wildman–Crippen LogP) is 1.40. The van der Waals surface area contributed by atoms with Gasteiger partial charge in [0.1, 0.15) is 6.33 Å². The van der Waals surface area contributed by atoms with Crippen LogP contribution in [0.25, 0.3) is 17.0 Å². The van der Waals surface area contributed by atoms with Crippen molar-refractivity contribution in [1.29, 1.82) is 0 Å². The van der Waals surface area contributed by atoms with E-state index >= 15 is 0 Å². The topological polar surface area (TPSA) is 69.6 Å².